The molecule has 1 aliphatic heterocycles. The van der Waals surface area contributed by atoms with Gasteiger partial charge in [-0.15, -0.1) is 24.8 Å². The van der Waals surface area contributed by atoms with E-state index < -0.39 is 0 Å². The number of likely N-dealkylation sites (tertiary alicyclic amines) is 1. The summed E-state index contributed by atoms with van der Waals surface area (Å²) in [6, 6.07) is 8.56. The maximum absolute atomic E-state index is 11.7. The SMILES string of the molecule is CC1CCN(Cc2ccc(CNC(=O)C(C)CN)cc2)CC1.Cl.Cl. The molecule has 0 radical (unpaired) electrons. The summed E-state index contributed by atoms with van der Waals surface area (Å²) >= 11 is 0. The normalized spacial score (nSPS) is 16.6. The average Bonchev–Trinajstić information content (AvgIpc) is 2.55. The second-order valence-corrected chi connectivity index (χ2v) is 6.63. The van der Waals surface area contributed by atoms with Gasteiger partial charge in [0.05, 0.1) is 0 Å². The number of nitrogens with one attached hydrogen (secondary N) is 1. The van der Waals surface area contributed by atoms with Crippen molar-refractivity contribution in [2.75, 3.05) is 19.6 Å². The molecule has 1 atom stereocenters. The first-order valence-electron chi connectivity index (χ1n) is 8.36. The molecular formula is C18H31Cl2N3O. The predicted octanol–water partition coefficient (Wildman–Crippen LogP) is 2.97. The third-order valence-electron chi connectivity index (χ3n) is 4.57. The summed E-state index contributed by atoms with van der Waals surface area (Å²) in [5.74, 6) is 0.771. The molecule has 3 N–H and O–H groups in total. The van der Waals surface area contributed by atoms with Crippen molar-refractivity contribution in [1.29, 1.82) is 0 Å². The van der Waals surface area contributed by atoms with Crippen molar-refractivity contribution < 1.29 is 4.79 Å². The lowest BCUT2D eigenvalue weighted by atomic mass is 9.99. The highest BCUT2D eigenvalue weighted by Crippen LogP contribution is 2.18. The van der Waals surface area contributed by atoms with Gasteiger partial charge >= 0.3 is 0 Å². The Morgan fingerprint density at radius 2 is 1.75 bits per heavy atom. The molecule has 2 rings (SSSR count). The number of carbonyl (C=O) groups excluding carboxylic acids is 1. The number of piperidine rings is 1. The molecule has 4 nitrogen and oxygen atoms in total. The predicted molar refractivity (Wildman–Crippen MR) is 105 cm³/mol. The summed E-state index contributed by atoms with van der Waals surface area (Å²) in [5, 5.41) is 2.93. The second kappa shape index (κ2) is 11.7. The van der Waals surface area contributed by atoms with Gasteiger partial charge in [-0.2, -0.15) is 0 Å². The lowest BCUT2D eigenvalue weighted by Crippen LogP contribution is -2.33. The number of benzene rings is 1. The molecule has 0 spiro atoms. The van der Waals surface area contributed by atoms with Crippen molar-refractivity contribution in [3.8, 4) is 0 Å². The van der Waals surface area contributed by atoms with Gasteiger partial charge < -0.3 is 11.1 Å². The minimum Gasteiger partial charge on any atom is -0.352 e. The first kappa shape index (κ1) is 23.2. The summed E-state index contributed by atoms with van der Waals surface area (Å²) in [6.45, 7) is 8.59. The number of nitrogens with two attached hydrogens (primary N) is 1. The van der Waals surface area contributed by atoms with Crippen LogP contribution in [-0.2, 0) is 17.9 Å². The molecule has 1 aromatic rings. The van der Waals surface area contributed by atoms with Crippen LogP contribution in [0.5, 0.6) is 0 Å². The number of nitrogens with zero attached hydrogens (tertiary/aromatic N) is 1. The van der Waals surface area contributed by atoms with E-state index in [9.17, 15) is 4.79 Å². The molecule has 24 heavy (non-hydrogen) atoms. The lowest BCUT2D eigenvalue weighted by molar-refractivity contribution is -0.124. The smallest absolute Gasteiger partial charge is 0.224 e. The van der Waals surface area contributed by atoms with Crippen molar-refractivity contribution in [3.05, 3.63) is 35.4 Å². The molecule has 0 aliphatic carbocycles. The molecule has 1 fully saturated rings. The summed E-state index contributed by atoms with van der Waals surface area (Å²) in [6.07, 6.45) is 2.62. The summed E-state index contributed by atoms with van der Waals surface area (Å²) in [4.78, 5) is 14.2. The summed E-state index contributed by atoms with van der Waals surface area (Å²) < 4.78 is 0. The van der Waals surface area contributed by atoms with Gasteiger partial charge in [-0.05, 0) is 43.0 Å². The van der Waals surface area contributed by atoms with Crippen LogP contribution in [0.3, 0.4) is 0 Å². The number of hydrogen-bond acceptors (Lipinski definition) is 3. The van der Waals surface area contributed by atoms with Crippen LogP contribution in [0.2, 0.25) is 0 Å². The van der Waals surface area contributed by atoms with Gasteiger partial charge in [0.25, 0.3) is 0 Å². The number of carbonyl (C=O) groups is 1. The molecule has 1 aliphatic rings. The van der Waals surface area contributed by atoms with Crippen LogP contribution in [0.25, 0.3) is 0 Å². The minimum absolute atomic E-state index is 0. The quantitative estimate of drug-likeness (QED) is 0.803. The standard InChI is InChI=1S/C18H29N3O.2ClH/c1-14-7-9-21(10-8-14)13-17-5-3-16(4-6-17)12-20-18(22)15(2)11-19;;/h3-6,14-15H,7-13,19H2,1-2H3,(H,20,22);2*1H. The van der Waals surface area contributed by atoms with Crippen molar-refractivity contribution >= 4 is 30.7 Å². The van der Waals surface area contributed by atoms with E-state index >= 15 is 0 Å². The molecule has 0 saturated carbocycles. The Hall–Kier alpha value is -0.810. The number of rotatable bonds is 6. The topological polar surface area (TPSA) is 58.4 Å². The zero-order valence-corrected chi connectivity index (χ0v) is 16.3. The molecule has 138 valence electrons. The molecule has 1 saturated heterocycles. The average molecular weight is 376 g/mol. The Balaban J connectivity index is 0.00000264. The molecule has 1 heterocycles. The Labute approximate surface area is 158 Å². The van der Waals surface area contributed by atoms with Crippen LogP contribution in [0.4, 0.5) is 0 Å². The van der Waals surface area contributed by atoms with E-state index in [0.29, 0.717) is 13.1 Å². The van der Waals surface area contributed by atoms with Gasteiger partial charge in [0, 0.05) is 25.6 Å². The first-order valence-corrected chi connectivity index (χ1v) is 8.36. The number of amides is 1. The second-order valence-electron chi connectivity index (χ2n) is 6.63. The highest BCUT2D eigenvalue weighted by atomic mass is 35.5. The van der Waals surface area contributed by atoms with E-state index in [4.69, 9.17) is 5.73 Å². The summed E-state index contributed by atoms with van der Waals surface area (Å²) in [5.41, 5.74) is 7.97. The zero-order chi connectivity index (χ0) is 15.9. The van der Waals surface area contributed by atoms with E-state index in [2.05, 4.69) is 41.4 Å². The Morgan fingerprint density at radius 1 is 1.21 bits per heavy atom. The molecule has 1 amide bonds. The molecule has 6 heteroatoms. The van der Waals surface area contributed by atoms with Crippen LogP contribution < -0.4 is 11.1 Å². The van der Waals surface area contributed by atoms with Gasteiger partial charge in [-0.3, -0.25) is 9.69 Å². The fourth-order valence-electron chi connectivity index (χ4n) is 2.71. The van der Waals surface area contributed by atoms with E-state index in [1.54, 1.807) is 0 Å². The fourth-order valence-corrected chi connectivity index (χ4v) is 2.71. The van der Waals surface area contributed by atoms with Crippen LogP contribution in [0.15, 0.2) is 24.3 Å². The van der Waals surface area contributed by atoms with E-state index in [1.807, 2.05) is 6.92 Å². The molecule has 0 aromatic heterocycles. The Kier molecular flexibility index (Phi) is 11.3. The number of halogens is 2. The van der Waals surface area contributed by atoms with E-state index in [0.717, 1.165) is 18.0 Å². The molecule has 1 aromatic carbocycles. The molecule has 1 unspecified atom stereocenters. The lowest BCUT2D eigenvalue weighted by Gasteiger charge is -2.30. The third-order valence-corrected chi connectivity index (χ3v) is 4.57. The van der Waals surface area contributed by atoms with Crippen molar-refractivity contribution in [2.24, 2.45) is 17.6 Å². The van der Waals surface area contributed by atoms with Crippen LogP contribution >= 0.6 is 24.8 Å². The van der Waals surface area contributed by atoms with Crippen LogP contribution in [0.1, 0.15) is 37.8 Å². The van der Waals surface area contributed by atoms with E-state index in [1.165, 1.54) is 31.5 Å². The van der Waals surface area contributed by atoms with Gasteiger partial charge in [-0.1, -0.05) is 38.1 Å². The number of hydrogen-bond donors (Lipinski definition) is 2. The summed E-state index contributed by atoms with van der Waals surface area (Å²) in [7, 11) is 0. The minimum atomic E-state index is -0.124. The highest BCUT2D eigenvalue weighted by Gasteiger charge is 2.15. The van der Waals surface area contributed by atoms with Crippen molar-refractivity contribution in [1.82, 2.24) is 10.2 Å². The largest absolute Gasteiger partial charge is 0.352 e. The van der Waals surface area contributed by atoms with E-state index in [-0.39, 0.29) is 36.6 Å². The van der Waals surface area contributed by atoms with Gasteiger partial charge in [0.15, 0.2) is 0 Å². The monoisotopic (exact) mass is 375 g/mol. The third kappa shape index (κ3) is 7.39. The zero-order valence-electron chi connectivity index (χ0n) is 14.7. The molecule has 0 bridgehead atoms. The van der Waals surface area contributed by atoms with Crippen molar-refractivity contribution in [2.45, 2.75) is 39.8 Å². The molecular weight excluding hydrogens is 345 g/mol. The van der Waals surface area contributed by atoms with Crippen LogP contribution in [-0.4, -0.2) is 30.4 Å². The van der Waals surface area contributed by atoms with Gasteiger partial charge in [0.1, 0.15) is 0 Å². The highest BCUT2D eigenvalue weighted by molar-refractivity contribution is 5.85. The van der Waals surface area contributed by atoms with Gasteiger partial charge in [-0.25, -0.2) is 0 Å². The maximum atomic E-state index is 11.7. The Bertz CT molecular complexity index is 474. The van der Waals surface area contributed by atoms with Gasteiger partial charge in [0.2, 0.25) is 5.91 Å². The Morgan fingerprint density at radius 3 is 2.29 bits per heavy atom. The van der Waals surface area contributed by atoms with Crippen molar-refractivity contribution in [3.63, 3.8) is 0 Å². The first-order chi connectivity index (χ1) is 10.6. The van der Waals surface area contributed by atoms with Crippen LogP contribution in [0, 0.1) is 11.8 Å². The fraction of sp³-hybridized carbons (Fsp3) is 0.611. The maximum Gasteiger partial charge on any atom is 0.224 e.